The molecule has 1 aromatic carbocycles. The number of hydrogen-bond donors (Lipinski definition) is 1. The van der Waals surface area contributed by atoms with Crippen molar-refractivity contribution in [2.45, 2.75) is 26.5 Å². The molecule has 0 saturated carbocycles. The highest BCUT2D eigenvalue weighted by atomic mass is 35.5. The van der Waals surface area contributed by atoms with Gasteiger partial charge in [-0.3, -0.25) is 0 Å². The molecule has 0 saturated heterocycles. The van der Waals surface area contributed by atoms with Crippen molar-refractivity contribution in [1.29, 1.82) is 0 Å². The molecular weight excluding hydrogens is 236 g/mol. The van der Waals surface area contributed by atoms with Crippen LogP contribution in [0.25, 0.3) is 0 Å². The van der Waals surface area contributed by atoms with E-state index in [0.29, 0.717) is 10.8 Å². The van der Waals surface area contributed by atoms with E-state index in [1.807, 2.05) is 36.7 Å². The number of halogens is 1. The number of aryl methyl sites for hydroxylation is 2. The van der Waals surface area contributed by atoms with E-state index in [2.05, 4.69) is 4.98 Å². The fourth-order valence-corrected chi connectivity index (χ4v) is 2.21. The van der Waals surface area contributed by atoms with Gasteiger partial charge < -0.3 is 9.67 Å². The number of nitrogens with zero attached hydrogens (tertiary/aromatic N) is 2. The Kier molecular flexibility index (Phi) is 3.50. The van der Waals surface area contributed by atoms with Gasteiger partial charge in [0.05, 0.1) is 0 Å². The SMILES string of the molecule is CCn1ccnc1C(O)c1cc(C)cc(Cl)c1. The monoisotopic (exact) mass is 250 g/mol. The zero-order valence-corrected chi connectivity index (χ0v) is 10.6. The van der Waals surface area contributed by atoms with Crippen molar-refractivity contribution in [1.82, 2.24) is 9.55 Å². The minimum absolute atomic E-state index is 0.633. The first-order chi connectivity index (χ1) is 8.11. The summed E-state index contributed by atoms with van der Waals surface area (Å²) >= 11 is 5.99. The van der Waals surface area contributed by atoms with Crippen molar-refractivity contribution in [3.05, 3.63) is 52.6 Å². The predicted octanol–water partition coefficient (Wildman–Crippen LogP) is 2.95. The van der Waals surface area contributed by atoms with Crippen LogP contribution in [-0.2, 0) is 6.54 Å². The largest absolute Gasteiger partial charge is 0.380 e. The zero-order chi connectivity index (χ0) is 12.4. The van der Waals surface area contributed by atoms with Crippen molar-refractivity contribution >= 4 is 11.6 Å². The third kappa shape index (κ3) is 2.51. The molecule has 1 heterocycles. The van der Waals surface area contributed by atoms with Gasteiger partial charge in [-0.15, -0.1) is 0 Å². The molecule has 1 aromatic heterocycles. The molecule has 3 nitrogen and oxygen atoms in total. The molecule has 1 unspecified atom stereocenters. The average Bonchev–Trinajstić information content (AvgIpc) is 2.74. The fourth-order valence-electron chi connectivity index (χ4n) is 1.91. The molecule has 4 heteroatoms. The molecule has 0 aliphatic heterocycles. The molecule has 2 aromatic rings. The van der Waals surface area contributed by atoms with Crippen molar-refractivity contribution in [2.24, 2.45) is 0 Å². The maximum absolute atomic E-state index is 10.3. The van der Waals surface area contributed by atoms with Crippen LogP contribution in [0.15, 0.2) is 30.6 Å². The van der Waals surface area contributed by atoms with Crippen LogP contribution in [0, 0.1) is 6.92 Å². The minimum Gasteiger partial charge on any atom is -0.380 e. The summed E-state index contributed by atoms with van der Waals surface area (Å²) < 4.78 is 1.92. The summed E-state index contributed by atoms with van der Waals surface area (Å²) in [5.41, 5.74) is 1.80. The summed E-state index contributed by atoms with van der Waals surface area (Å²) in [5.74, 6) is 0.647. The molecule has 0 amide bonds. The first kappa shape index (κ1) is 12.1. The predicted molar refractivity (Wildman–Crippen MR) is 68.2 cm³/mol. The second-order valence-corrected chi connectivity index (χ2v) is 4.47. The number of aliphatic hydroxyl groups is 1. The molecule has 0 fully saturated rings. The van der Waals surface area contributed by atoms with E-state index < -0.39 is 6.10 Å². The number of aliphatic hydroxyl groups excluding tert-OH is 1. The quantitative estimate of drug-likeness (QED) is 0.910. The summed E-state index contributed by atoms with van der Waals surface area (Å²) in [6, 6.07) is 5.56. The van der Waals surface area contributed by atoms with Gasteiger partial charge in [0.15, 0.2) is 0 Å². The number of rotatable bonds is 3. The summed E-state index contributed by atoms with van der Waals surface area (Å²) in [6.07, 6.45) is 2.82. The van der Waals surface area contributed by atoms with E-state index in [0.717, 1.165) is 17.7 Å². The fraction of sp³-hybridized carbons (Fsp3) is 0.308. The third-order valence-electron chi connectivity index (χ3n) is 2.71. The second kappa shape index (κ2) is 4.90. The summed E-state index contributed by atoms with van der Waals surface area (Å²) in [5, 5.41) is 10.9. The Morgan fingerprint density at radius 3 is 2.82 bits per heavy atom. The molecule has 0 spiro atoms. The Balaban J connectivity index is 2.39. The van der Waals surface area contributed by atoms with E-state index in [4.69, 9.17) is 11.6 Å². The Bertz CT molecular complexity index is 502. The molecule has 0 radical (unpaired) electrons. The van der Waals surface area contributed by atoms with Crippen molar-refractivity contribution in [3.8, 4) is 0 Å². The topological polar surface area (TPSA) is 38.0 Å². The number of imidazole rings is 1. The smallest absolute Gasteiger partial charge is 0.142 e. The summed E-state index contributed by atoms with van der Waals surface area (Å²) in [7, 11) is 0. The number of hydrogen-bond acceptors (Lipinski definition) is 2. The van der Waals surface area contributed by atoms with Crippen molar-refractivity contribution < 1.29 is 5.11 Å². The van der Waals surface area contributed by atoms with Gasteiger partial charge in [-0.25, -0.2) is 4.98 Å². The Labute approximate surface area is 106 Å². The first-order valence-corrected chi connectivity index (χ1v) is 5.95. The molecule has 2 rings (SSSR count). The van der Waals surface area contributed by atoms with Crippen LogP contribution in [0.1, 0.15) is 30.0 Å². The highest BCUT2D eigenvalue weighted by molar-refractivity contribution is 6.30. The summed E-state index contributed by atoms with van der Waals surface area (Å²) in [4.78, 5) is 4.19. The molecule has 0 aliphatic carbocycles. The maximum atomic E-state index is 10.3. The van der Waals surface area contributed by atoms with Gasteiger partial charge in [0.2, 0.25) is 0 Å². The molecule has 1 atom stereocenters. The average molecular weight is 251 g/mol. The molecule has 0 bridgehead atoms. The van der Waals surface area contributed by atoms with Crippen LogP contribution in [0.2, 0.25) is 5.02 Å². The van der Waals surface area contributed by atoms with Gasteiger partial charge in [-0.05, 0) is 37.1 Å². The maximum Gasteiger partial charge on any atom is 0.142 e. The van der Waals surface area contributed by atoms with Gasteiger partial charge in [0, 0.05) is 24.0 Å². The van der Waals surface area contributed by atoms with Crippen LogP contribution < -0.4 is 0 Å². The van der Waals surface area contributed by atoms with Crippen LogP contribution in [0.5, 0.6) is 0 Å². The number of aromatic nitrogens is 2. The standard InChI is InChI=1S/C13H15ClN2O/c1-3-16-5-4-15-13(16)12(17)10-6-9(2)7-11(14)8-10/h4-8,12,17H,3H2,1-2H3. The van der Waals surface area contributed by atoms with Crippen LogP contribution >= 0.6 is 11.6 Å². The lowest BCUT2D eigenvalue weighted by Crippen LogP contribution is -2.09. The minimum atomic E-state index is -0.734. The zero-order valence-electron chi connectivity index (χ0n) is 9.89. The number of benzene rings is 1. The van der Waals surface area contributed by atoms with E-state index >= 15 is 0 Å². The molecule has 0 aliphatic rings. The van der Waals surface area contributed by atoms with Gasteiger partial charge in [0.25, 0.3) is 0 Å². The Morgan fingerprint density at radius 2 is 2.18 bits per heavy atom. The van der Waals surface area contributed by atoms with Crippen molar-refractivity contribution in [3.63, 3.8) is 0 Å². The van der Waals surface area contributed by atoms with E-state index in [1.165, 1.54) is 0 Å². The van der Waals surface area contributed by atoms with E-state index in [-0.39, 0.29) is 0 Å². The Hall–Kier alpha value is -1.32. The third-order valence-corrected chi connectivity index (χ3v) is 2.93. The lowest BCUT2D eigenvalue weighted by Gasteiger charge is -2.13. The first-order valence-electron chi connectivity index (χ1n) is 5.58. The van der Waals surface area contributed by atoms with Crippen LogP contribution in [0.4, 0.5) is 0 Å². The lowest BCUT2D eigenvalue weighted by molar-refractivity contribution is 0.205. The van der Waals surface area contributed by atoms with Gasteiger partial charge >= 0.3 is 0 Å². The highest BCUT2D eigenvalue weighted by Gasteiger charge is 2.16. The molecular formula is C13H15ClN2O. The molecule has 90 valence electrons. The molecule has 17 heavy (non-hydrogen) atoms. The van der Waals surface area contributed by atoms with Crippen LogP contribution in [0.3, 0.4) is 0 Å². The van der Waals surface area contributed by atoms with Crippen molar-refractivity contribution in [2.75, 3.05) is 0 Å². The lowest BCUT2D eigenvalue weighted by atomic mass is 10.1. The van der Waals surface area contributed by atoms with E-state index in [9.17, 15) is 5.11 Å². The highest BCUT2D eigenvalue weighted by Crippen LogP contribution is 2.24. The summed E-state index contributed by atoms with van der Waals surface area (Å²) in [6.45, 7) is 4.75. The normalized spacial score (nSPS) is 12.7. The van der Waals surface area contributed by atoms with E-state index in [1.54, 1.807) is 12.3 Å². The molecule has 1 N–H and O–H groups in total. The Morgan fingerprint density at radius 1 is 1.41 bits per heavy atom. The van der Waals surface area contributed by atoms with Gasteiger partial charge in [0.1, 0.15) is 11.9 Å². The van der Waals surface area contributed by atoms with Gasteiger partial charge in [-0.1, -0.05) is 17.7 Å². The van der Waals surface area contributed by atoms with Gasteiger partial charge in [-0.2, -0.15) is 0 Å². The van der Waals surface area contributed by atoms with Crippen LogP contribution in [-0.4, -0.2) is 14.7 Å². The second-order valence-electron chi connectivity index (χ2n) is 4.04.